The highest BCUT2D eigenvalue weighted by molar-refractivity contribution is 5.75. The molecule has 4 rings (SSSR count). The lowest BCUT2D eigenvalue weighted by atomic mass is 9.84. The molecule has 2 fully saturated rings. The number of aryl methyl sites for hydroxylation is 1. The van der Waals surface area contributed by atoms with Gasteiger partial charge in [0, 0.05) is 19.6 Å². The molecule has 1 saturated carbocycles. The summed E-state index contributed by atoms with van der Waals surface area (Å²) in [6.45, 7) is 1.30. The first-order valence-electron chi connectivity index (χ1n) is 8.51. The largest absolute Gasteiger partial charge is 0.497 e. The summed E-state index contributed by atoms with van der Waals surface area (Å²) >= 11 is 0. The van der Waals surface area contributed by atoms with E-state index in [1.807, 2.05) is 22.9 Å². The molecule has 2 atom stereocenters. The smallest absolute Gasteiger partial charge is 0.320 e. The first kappa shape index (κ1) is 14.8. The molecule has 2 unspecified atom stereocenters. The van der Waals surface area contributed by atoms with Gasteiger partial charge in [-0.1, -0.05) is 6.07 Å². The Kier molecular flexibility index (Phi) is 3.68. The Bertz CT molecular complexity index is 614. The fourth-order valence-electron chi connectivity index (χ4n) is 3.89. The Hall–Kier alpha value is -1.75. The molecule has 0 N–H and O–H groups in total. The molecule has 0 radical (unpaired) electrons. The second-order valence-corrected chi connectivity index (χ2v) is 6.78. The number of carbonyl (C=O) groups excluding carboxylic acids is 1. The number of urea groups is 1. The van der Waals surface area contributed by atoms with Gasteiger partial charge in [-0.3, -0.25) is 0 Å². The third-order valence-corrected chi connectivity index (χ3v) is 5.39. The van der Waals surface area contributed by atoms with Crippen molar-refractivity contribution in [2.24, 2.45) is 0 Å². The zero-order chi connectivity index (χ0) is 16.0. The van der Waals surface area contributed by atoms with Gasteiger partial charge < -0.3 is 19.3 Å². The van der Waals surface area contributed by atoms with Gasteiger partial charge in [0.25, 0.3) is 0 Å². The van der Waals surface area contributed by atoms with E-state index >= 15 is 0 Å². The van der Waals surface area contributed by atoms with Crippen molar-refractivity contribution in [1.29, 1.82) is 0 Å². The maximum Gasteiger partial charge on any atom is 0.320 e. The monoisotopic (exact) mass is 316 g/mol. The summed E-state index contributed by atoms with van der Waals surface area (Å²) in [7, 11) is 3.63. The van der Waals surface area contributed by atoms with Crippen molar-refractivity contribution >= 4 is 6.03 Å². The van der Waals surface area contributed by atoms with Crippen LogP contribution in [-0.4, -0.2) is 55.2 Å². The van der Waals surface area contributed by atoms with E-state index < -0.39 is 0 Å². The number of nitrogens with zero attached hydrogens (tertiary/aromatic N) is 2. The number of hydrogen-bond acceptors (Lipinski definition) is 3. The average molecular weight is 316 g/mol. The van der Waals surface area contributed by atoms with E-state index in [0.29, 0.717) is 19.2 Å². The van der Waals surface area contributed by atoms with E-state index in [-0.39, 0.29) is 18.2 Å². The van der Waals surface area contributed by atoms with Crippen molar-refractivity contribution in [2.75, 3.05) is 27.3 Å². The summed E-state index contributed by atoms with van der Waals surface area (Å²) in [5, 5.41) is 0. The molecule has 2 amide bonds. The Morgan fingerprint density at radius 2 is 2.17 bits per heavy atom. The zero-order valence-electron chi connectivity index (χ0n) is 13.8. The number of benzene rings is 1. The molecule has 1 aliphatic heterocycles. The van der Waals surface area contributed by atoms with E-state index in [4.69, 9.17) is 9.47 Å². The van der Waals surface area contributed by atoms with Crippen LogP contribution in [0.1, 0.15) is 36.5 Å². The lowest BCUT2D eigenvalue weighted by Crippen LogP contribution is -2.55. The Morgan fingerprint density at radius 1 is 1.35 bits per heavy atom. The van der Waals surface area contributed by atoms with Gasteiger partial charge in [-0.2, -0.15) is 0 Å². The van der Waals surface area contributed by atoms with E-state index in [2.05, 4.69) is 12.1 Å². The maximum atomic E-state index is 12.8. The summed E-state index contributed by atoms with van der Waals surface area (Å²) in [6, 6.07) is 6.96. The van der Waals surface area contributed by atoms with Crippen LogP contribution in [0.2, 0.25) is 0 Å². The minimum Gasteiger partial charge on any atom is -0.497 e. The fourth-order valence-corrected chi connectivity index (χ4v) is 3.89. The lowest BCUT2D eigenvalue weighted by molar-refractivity contribution is -0.0668. The van der Waals surface area contributed by atoms with Gasteiger partial charge in [-0.25, -0.2) is 4.79 Å². The van der Waals surface area contributed by atoms with Crippen LogP contribution in [0, 0.1) is 0 Å². The van der Waals surface area contributed by atoms with E-state index in [1.54, 1.807) is 7.11 Å². The summed E-state index contributed by atoms with van der Waals surface area (Å²) in [6.07, 6.45) is 4.20. The van der Waals surface area contributed by atoms with E-state index in [9.17, 15) is 4.79 Å². The van der Waals surface area contributed by atoms with Crippen LogP contribution in [0.25, 0.3) is 0 Å². The zero-order valence-corrected chi connectivity index (χ0v) is 13.8. The number of hydrogen-bond donors (Lipinski definition) is 0. The number of carbonyl (C=O) groups is 1. The second kappa shape index (κ2) is 5.71. The summed E-state index contributed by atoms with van der Waals surface area (Å²) in [5.74, 6) is 0.888. The molecule has 23 heavy (non-hydrogen) atoms. The minimum absolute atomic E-state index is 0.00467. The summed E-state index contributed by atoms with van der Waals surface area (Å²) in [4.78, 5) is 16.8. The Balaban J connectivity index is 1.59. The molecule has 0 spiro atoms. The molecule has 1 heterocycles. The van der Waals surface area contributed by atoms with Gasteiger partial charge in [0.1, 0.15) is 11.9 Å². The second-order valence-electron chi connectivity index (χ2n) is 6.78. The highest BCUT2D eigenvalue weighted by Crippen LogP contribution is 2.40. The molecular formula is C18H24N2O3. The predicted octanol–water partition coefficient (Wildman–Crippen LogP) is 2.60. The highest BCUT2D eigenvalue weighted by atomic mass is 16.5. The van der Waals surface area contributed by atoms with Crippen molar-refractivity contribution in [1.82, 2.24) is 9.80 Å². The normalized spacial score (nSPS) is 26.3. The SMILES string of the molecule is COc1ccc2c(c1)CCC1C2OCCN1C(=O)N(C)C1CC1. The van der Waals surface area contributed by atoms with E-state index in [1.165, 1.54) is 11.1 Å². The van der Waals surface area contributed by atoms with Crippen LogP contribution in [0.5, 0.6) is 5.75 Å². The number of methoxy groups -OCH3 is 1. The standard InChI is InChI=1S/C18H24N2O3/c1-19(13-4-5-13)18(21)20-9-10-23-17-15-7-6-14(22-2)11-12(15)3-8-16(17)20/h6-7,11,13,16-17H,3-5,8-10H2,1-2H3. The van der Waals surface area contributed by atoms with Gasteiger partial charge in [0.15, 0.2) is 0 Å². The molecule has 5 heteroatoms. The Morgan fingerprint density at radius 3 is 2.91 bits per heavy atom. The van der Waals surface area contributed by atoms with Gasteiger partial charge in [0.2, 0.25) is 0 Å². The van der Waals surface area contributed by atoms with Gasteiger partial charge in [-0.05, 0) is 48.9 Å². The van der Waals surface area contributed by atoms with Crippen molar-refractivity contribution in [2.45, 2.75) is 43.9 Å². The van der Waals surface area contributed by atoms with Gasteiger partial charge in [0.05, 0.1) is 19.8 Å². The fraction of sp³-hybridized carbons (Fsp3) is 0.611. The number of ether oxygens (including phenoxy) is 2. The van der Waals surface area contributed by atoms with Crippen LogP contribution < -0.4 is 4.74 Å². The minimum atomic E-state index is -0.00467. The maximum absolute atomic E-state index is 12.8. The van der Waals surface area contributed by atoms with Crippen molar-refractivity contribution < 1.29 is 14.3 Å². The molecule has 1 saturated heterocycles. The van der Waals surface area contributed by atoms with Gasteiger partial charge >= 0.3 is 6.03 Å². The Labute approximate surface area is 137 Å². The molecule has 0 aromatic heterocycles. The van der Waals surface area contributed by atoms with Crippen LogP contribution in [0.4, 0.5) is 4.79 Å². The lowest BCUT2D eigenvalue weighted by Gasteiger charge is -2.45. The van der Waals surface area contributed by atoms with Crippen molar-refractivity contribution in [3.05, 3.63) is 29.3 Å². The molecule has 124 valence electrons. The van der Waals surface area contributed by atoms with Crippen molar-refractivity contribution in [3.63, 3.8) is 0 Å². The number of rotatable bonds is 2. The first-order valence-corrected chi connectivity index (χ1v) is 8.51. The topological polar surface area (TPSA) is 42.0 Å². The highest BCUT2D eigenvalue weighted by Gasteiger charge is 2.42. The molecular weight excluding hydrogens is 292 g/mol. The number of morpholine rings is 1. The predicted molar refractivity (Wildman–Crippen MR) is 86.7 cm³/mol. The molecule has 3 aliphatic rings. The van der Waals surface area contributed by atoms with Gasteiger partial charge in [-0.15, -0.1) is 0 Å². The third kappa shape index (κ3) is 2.57. The average Bonchev–Trinajstić information content (AvgIpc) is 3.44. The van der Waals surface area contributed by atoms with Crippen molar-refractivity contribution in [3.8, 4) is 5.75 Å². The molecule has 0 bridgehead atoms. The first-order chi connectivity index (χ1) is 11.2. The quantitative estimate of drug-likeness (QED) is 0.842. The molecule has 1 aromatic carbocycles. The van der Waals surface area contributed by atoms with Crippen LogP contribution >= 0.6 is 0 Å². The number of fused-ring (bicyclic) bond motifs is 3. The molecule has 1 aromatic rings. The van der Waals surface area contributed by atoms with Crippen LogP contribution in [0.3, 0.4) is 0 Å². The number of amides is 2. The molecule has 2 aliphatic carbocycles. The summed E-state index contributed by atoms with van der Waals surface area (Å²) < 4.78 is 11.4. The summed E-state index contributed by atoms with van der Waals surface area (Å²) in [5.41, 5.74) is 2.50. The van der Waals surface area contributed by atoms with E-state index in [0.717, 1.165) is 31.4 Å². The van der Waals surface area contributed by atoms with Crippen LogP contribution in [-0.2, 0) is 11.2 Å². The van der Waals surface area contributed by atoms with Crippen LogP contribution in [0.15, 0.2) is 18.2 Å². The molecule has 5 nitrogen and oxygen atoms in total. The third-order valence-electron chi connectivity index (χ3n) is 5.39.